The number of carbonyl (C=O) groups excluding carboxylic acids is 1. The molecule has 112 valence electrons. The average molecular weight is 288 g/mol. The first-order valence-corrected chi connectivity index (χ1v) is 7.06. The number of nitrogens with zero attached hydrogens (tertiary/aromatic N) is 2. The van der Waals surface area contributed by atoms with Gasteiger partial charge in [-0.15, -0.1) is 0 Å². The minimum atomic E-state index is -0.971. The maximum Gasteiger partial charge on any atom is 0.328 e. The Kier molecular flexibility index (Phi) is 4.98. The Balaban J connectivity index is 2.00. The minimum absolute atomic E-state index is 0.0546. The zero-order valence-corrected chi connectivity index (χ0v) is 12.2. The van der Waals surface area contributed by atoms with E-state index >= 15 is 0 Å². The number of amides is 2. The number of carboxylic acid groups (broad SMARTS) is 1. The van der Waals surface area contributed by atoms with Crippen molar-refractivity contribution in [2.45, 2.75) is 19.4 Å². The molecule has 0 saturated carbocycles. The zero-order valence-electron chi connectivity index (χ0n) is 12.2. The molecule has 1 aliphatic heterocycles. The summed E-state index contributed by atoms with van der Waals surface area (Å²) in [4.78, 5) is 26.3. The molecule has 5 heteroatoms. The average Bonchev–Trinajstić information content (AvgIpc) is 2.98. The van der Waals surface area contributed by atoms with Crippen LogP contribution in [0.25, 0.3) is 6.08 Å². The Hall–Kier alpha value is -2.30. The lowest BCUT2D eigenvalue weighted by Crippen LogP contribution is -2.38. The van der Waals surface area contributed by atoms with Gasteiger partial charge in [0.15, 0.2) is 0 Å². The lowest BCUT2D eigenvalue weighted by atomic mass is 10.1. The van der Waals surface area contributed by atoms with Crippen LogP contribution in [-0.2, 0) is 11.3 Å². The Bertz CT molecular complexity index is 548. The van der Waals surface area contributed by atoms with Gasteiger partial charge in [0.25, 0.3) is 0 Å². The van der Waals surface area contributed by atoms with Crippen LogP contribution in [0.2, 0.25) is 0 Å². The molecule has 0 aromatic heterocycles. The predicted molar refractivity (Wildman–Crippen MR) is 80.8 cm³/mol. The second kappa shape index (κ2) is 6.92. The van der Waals surface area contributed by atoms with Crippen molar-refractivity contribution in [2.75, 3.05) is 20.1 Å². The molecule has 2 rings (SSSR count). The largest absolute Gasteiger partial charge is 0.478 e. The molecule has 21 heavy (non-hydrogen) atoms. The molecular formula is C16H20N2O3. The first-order valence-electron chi connectivity index (χ1n) is 7.06. The molecule has 1 N–H and O–H groups in total. The molecule has 0 unspecified atom stereocenters. The first-order chi connectivity index (χ1) is 10.1. The number of aliphatic carboxylic acids is 1. The molecule has 1 heterocycles. The van der Waals surface area contributed by atoms with E-state index in [1.54, 1.807) is 18.0 Å². The normalized spacial score (nSPS) is 14.6. The Morgan fingerprint density at radius 3 is 2.71 bits per heavy atom. The summed E-state index contributed by atoms with van der Waals surface area (Å²) in [5, 5.41) is 8.64. The van der Waals surface area contributed by atoms with E-state index in [0.717, 1.165) is 43.1 Å². The number of likely N-dealkylation sites (tertiary alicyclic amines) is 1. The number of hydrogen-bond donors (Lipinski definition) is 1. The van der Waals surface area contributed by atoms with Crippen molar-refractivity contribution in [3.8, 4) is 0 Å². The van der Waals surface area contributed by atoms with Crippen molar-refractivity contribution < 1.29 is 14.7 Å². The fraction of sp³-hybridized carbons (Fsp3) is 0.375. The van der Waals surface area contributed by atoms with E-state index in [1.807, 2.05) is 29.2 Å². The highest BCUT2D eigenvalue weighted by Gasteiger charge is 2.21. The maximum absolute atomic E-state index is 12.2. The van der Waals surface area contributed by atoms with Gasteiger partial charge in [-0.1, -0.05) is 18.2 Å². The van der Waals surface area contributed by atoms with Crippen LogP contribution < -0.4 is 0 Å². The van der Waals surface area contributed by atoms with Crippen LogP contribution in [0, 0.1) is 0 Å². The third-order valence-corrected chi connectivity index (χ3v) is 3.49. The van der Waals surface area contributed by atoms with Gasteiger partial charge in [-0.3, -0.25) is 0 Å². The van der Waals surface area contributed by atoms with Crippen molar-refractivity contribution in [1.29, 1.82) is 0 Å². The highest BCUT2D eigenvalue weighted by atomic mass is 16.4. The van der Waals surface area contributed by atoms with Gasteiger partial charge in [-0.05, 0) is 36.1 Å². The summed E-state index contributed by atoms with van der Waals surface area (Å²) in [6.45, 7) is 2.19. The van der Waals surface area contributed by atoms with Crippen molar-refractivity contribution in [3.63, 3.8) is 0 Å². The summed E-state index contributed by atoms with van der Waals surface area (Å²) >= 11 is 0. The quantitative estimate of drug-likeness (QED) is 0.866. The summed E-state index contributed by atoms with van der Waals surface area (Å²) in [5.41, 5.74) is 1.80. The number of benzene rings is 1. The van der Waals surface area contributed by atoms with Gasteiger partial charge in [0, 0.05) is 32.8 Å². The summed E-state index contributed by atoms with van der Waals surface area (Å²) in [7, 11) is 1.79. The van der Waals surface area contributed by atoms with Gasteiger partial charge >= 0.3 is 12.0 Å². The van der Waals surface area contributed by atoms with E-state index < -0.39 is 5.97 Å². The van der Waals surface area contributed by atoms with Crippen LogP contribution in [0.5, 0.6) is 0 Å². The highest BCUT2D eigenvalue weighted by molar-refractivity contribution is 5.85. The molecule has 0 atom stereocenters. The molecule has 1 aromatic rings. The lowest BCUT2D eigenvalue weighted by molar-refractivity contribution is -0.131. The fourth-order valence-electron chi connectivity index (χ4n) is 2.45. The second-order valence-electron chi connectivity index (χ2n) is 5.25. The van der Waals surface area contributed by atoms with E-state index in [9.17, 15) is 9.59 Å². The molecule has 0 radical (unpaired) electrons. The van der Waals surface area contributed by atoms with Gasteiger partial charge in [-0.2, -0.15) is 0 Å². The Morgan fingerprint density at radius 1 is 1.33 bits per heavy atom. The van der Waals surface area contributed by atoms with E-state index in [0.29, 0.717) is 6.54 Å². The highest BCUT2D eigenvalue weighted by Crippen LogP contribution is 2.13. The Labute approximate surface area is 124 Å². The fourth-order valence-corrected chi connectivity index (χ4v) is 2.45. The number of rotatable bonds is 4. The SMILES string of the molecule is CN(Cc1cccc(C=CC(=O)O)c1)C(=O)N1CCCC1. The van der Waals surface area contributed by atoms with Gasteiger partial charge in [0.05, 0.1) is 0 Å². The molecule has 1 aromatic carbocycles. The van der Waals surface area contributed by atoms with E-state index in [-0.39, 0.29) is 6.03 Å². The van der Waals surface area contributed by atoms with Crippen molar-refractivity contribution in [2.24, 2.45) is 0 Å². The second-order valence-corrected chi connectivity index (χ2v) is 5.25. The van der Waals surface area contributed by atoms with Gasteiger partial charge in [0.2, 0.25) is 0 Å². The zero-order chi connectivity index (χ0) is 15.2. The standard InChI is InChI=1S/C16H20N2O3/c1-17(16(21)18-9-2-3-10-18)12-14-6-4-5-13(11-14)7-8-15(19)20/h4-8,11H,2-3,9-10,12H2,1H3,(H,19,20). The van der Waals surface area contributed by atoms with Crippen LogP contribution in [0.1, 0.15) is 24.0 Å². The maximum atomic E-state index is 12.2. The van der Waals surface area contributed by atoms with Crippen LogP contribution >= 0.6 is 0 Å². The summed E-state index contributed by atoms with van der Waals surface area (Å²) in [5.74, 6) is -0.971. The molecular weight excluding hydrogens is 268 g/mol. The van der Waals surface area contributed by atoms with E-state index in [2.05, 4.69) is 0 Å². The van der Waals surface area contributed by atoms with Crippen LogP contribution in [-0.4, -0.2) is 47.0 Å². The van der Waals surface area contributed by atoms with Crippen molar-refractivity contribution in [1.82, 2.24) is 9.80 Å². The number of carbonyl (C=O) groups is 2. The monoisotopic (exact) mass is 288 g/mol. The summed E-state index contributed by atoms with van der Waals surface area (Å²) in [6, 6.07) is 7.59. The van der Waals surface area contributed by atoms with Crippen LogP contribution in [0.15, 0.2) is 30.3 Å². The molecule has 0 bridgehead atoms. The van der Waals surface area contributed by atoms with Crippen molar-refractivity contribution >= 4 is 18.1 Å². The molecule has 2 amide bonds. The van der Waals surface area contributed by atoms with Gasteiger partial charge < -0.3 is 14.9 Å². The van der Waals surface area contributed by atoms with Gasteiger partial charge in [-0.25, -0.2) is 9.59 Å². The van der Waals surface area contributed by atoms with E-state index in [1.165, 1.54) is 0 Å². The molecule has 1 aliphatic rings. The van der Waals surface area contributed by atoms with Gasteiger partial charge in [0.1, 0.15) is 0 Å². The molecule has 1 fully saturated rings. The number of hydrogen-bond acceptors (Lipinski definition) is 2. The van der Waals surface area contributed by atoms with Crippen LogP contribution in [0.4, 0.5) is 4.79 Å². The number of carboxylic acids is 1. The molecule has 0 aliphatic carbocycles. The Morgan fingerprint density at radius 2 is 2.05 bits per heavy atom. The third-order valence-electron chi connectivity index (χ3n) is 3.49. The molecule has 1 saturated heterocycles. The topological polar surface area (TPSA) is 60.9 Å². The van der Waals surface area contributed by atoms with Crippen molar-refractivity contribution in [3.05, 3.63) is 41.5 Å². The lowest BCUT2D eigenvalue weighted by Gasteiger charge is -2.24. The van der Waals surface area contributed by atoms with Crippen LogP contribution in [0.3, 0.4) is 0 Å². The molecule has 0 spiro atoms. The molecule has 5 nitrogen and oxygen atoms in total. The first kappa shape index (κ1) is 15.1. The van der Waals surface area contributed by atoms with E-state index in [4.69, 9.17) is 5.11 Å². The predicted octanol–water partition coefficient (Wildman–Crippen LogP) is 2.43. The third kappa shape index (κ3) is 4.34. The smallest absolute Gasteiger partial charge is 0.328 e. The number of urea groups is 1. The minimum Gasteiger partial charge on any atom is -0.478 e. The summed E-state index contributed by atoms with van der Waals surface area (Å²) in [6.07, 6.45) is 4.82. The summed E-state index contributed by atoms with van der Waals surface area (Å²) < 4.78 is 0.